The predicted molar refractivity (Wildman–Crippen MR) is 118 cm³/mol. The van der Waals surface area contributed by atoms with E-state index in [9.17, 15) is 20.1 Å². The second kappa shape index (κ2) is 8.11. The molecule has 0 aliphatic rings. The van der Waals surface area contributed by atoms with Gasteiger partial charge >= 0.3 is 0 Å². The second-order valence-electron chi connectivity index (χ2n) is 6.95. The van der Waals surface area contributed by atoms with E-state index in [0.29, 0.717) is 22.3 Å². The lowest BCUT2D eigenvalue weighted by atomic mass is 10.1. The number of nitro groups is 1. The Balaban J connectivity index is 1.54. The molecule has 4 rings (SSSR count). The Labute approximate surface area is 177 Å². The number of anilines is 1. The molecule has 0 aliphatic carbocycles. The van der Waals surface area contributed by atoms with Crippen LogP contribution >= 0.6 is 0 Å². The molecule has 31 heavy (non-hydrogen) atoms. The van der Waals surface area contributed by atoms with Crippen LogP contribution in [0.2, 0.25) is 0 Å². The molecule has 2 N–H and O–H groups in total. The van der Waals surface area contributed by atoms with Crippen molar-refractivity contribution in [2.45, 2.75) is 6.92 Å². The molecule has 0 aliphatic heterocycles. The molecular weight excluding hydrogens is 396 g/mol. The summed E-state index contributed by atoms with van der Waals surface area (Å²) >= 11 is 0. The second-order valence-corrected chi connectivity index (χ2v) is 6.95. The van der Waals surface area contributed by atoms with E-state index in [1.165, 1.54) is 18.2 Å². The quantitative estimate of drug-likeness (QED) is 0.209. The summed E-state index contributed by atoms with van der Waals surface area (Å²) in [6.45, 7) is 1.74. The first kappa shape index (κ1) is 19.8. The van der Waals surface area contributed by atoms with Gasteiger partial charge in [0, 0.05) is 29.0 Å². The number of imidazole rings is 1. The van der Waals surface area contributed by atoms with Gasteiger partial charge in [0.1, 0.15) is 5.52 Å². The number of amides is 1. The van der Waals surface area contributed by atoms with Crippen molar-refractivity contribution in [1.29, 1.82) is 0 Å². The molecule has 154 valence electrons. The number of hydrogen-bond acceptors (Lipinski definition) is 5. The molecule has 0 saturated carbocycles. The summed E-state index contributed by atoms with van der Waals surface area (Å²) in [5, 5.41) is 24.2. The Morgan fingerprint density at radius 3 is 2.48 bits per heavy atom. The van der Waals surface area contributed by atoms with Crippen molar-refractivity contribution in [1.82, 2.24) is 9.71 Å². The number of non-ortho nitro benzene ring substituents is 1. The molecular formula is C23H18N4O4. The van der Waals surface area contributed by atoms with Crippen LogP contribution in [0.3, 0.4) is 0 Å². The van der Waals surface area contributed by atoms with E-state index in [0.717, 1.165) is 10.3 Å². The molecule has 1 aromatic heterocycles. The summed E-state index contributed by atoms with van der Waals surface area (Å²) in [7, 11) is 0. The van der Waals surface area contributed by atoms with Crippen molar-refractivity contribution in [2.75, 3.05) is 5.32 Å². The van der Waals surface area contributed by atoms with Crippen LogP contribution in [-0.4, -0.2) is 25.8 Å². The minimum Gasteiger partial charge on any atom is -0.426 e. The summed E-state index contributed by atoms with van der Waals surface area (Å²) < 4.78 is 0.822. The molecule has 4 aromatic rings. The van der Waals surface area contributed by atoms with E-state index in [1.54, 1.807) is 37.3 Å². The van der Waals surface area contributed by atoms with Crippen LogP contribution in [0, 0.1) is 10.1 Å². The lowest BCUT2D eigenvalue weighted by Gasteiger charge is -2.07. The number of carbonyl (C=O) groups is 1. The normalized spacial score (nSPS) is 11.5. The summed E-state index contributed by atoms with van der Waals surface area (Å²) in [4.78, 5) is 27.2. The van der Waals surface area contributed by atoms with E-state index in [4.69, 9.17) is 0 Å². The SMILES string of the molecule is C/C(=C\c1ccccc1)C(=O)Nc1ccc(-c2nc3ccc([N+](=O)[O-])cc3n2O)cc1. The number of rotatable bonds is 5. The van der Waals surface area contributed by atoms with Gasteiger partial charge < -0.3 is 10.5 Å². The first-order chi connectivity index (χ1) is 14.9. The summed E-state index contributed by atoms with van der Waals surface area (Å²) in [5.74, 6) is 0.0202. The highest BCUT2D eigenvalue weighted by molar-refractivity contribution is 6.06. The van der Waals surface area contributed by atoms with Crippen molar-refractivity contribution in [3.63, 3.8) is 0 Å². The Hall–Kier alpha value is -4.46. The molecule has 3 aromatic carbocycles. The number of hydrogen-bond donors (Lipinski definition) is 2. The monoisotopic (exact) mass is 414 g/mol. The number of benzene rings is 3. The Kier molecular flexibility index (Phi) is 5.19. The third-order valence-electron chi connectivity index (χ3n) is 4.77. The van der Waals surface area contributed by atoms with Crippen molar-refractivity contribution in [3.8, 4) is 11.4 Å². The zero-order valence-electron chi connectivity index (χ0n) is 16.5. The van der Waals surface area contributed by atoms with Gasteiger partial charge in [0.15, 0.2) is 5.82 Å². The summed E-state index contributed by atoms with van der Waals surface area (Å²) in [6, 6.07) is 20.5. The highest BCUT2D eigenvalue weighted by Gasteiger charge is 2.16. The van der Waals surface area contributed by atoms with Gasteiger partial charge in [0.25, 0.3) is 11.6 Å². The lowest BCUT2D eigenvalue weighted by Crippen LogP contribution is -2.12. The van der Waals surface area contributed by atoms with Crippen molar-refractivity contribution < 1.29 is 14.9 Å². The van der Waals surface area contributed by atoms with Crippen LogP contribution in [0.5, 0.6) is 0 Å². The molecule has 0 radical (unpaired) electrons. The molecule has 0 spiro atoms. The highest BCUT2D eigenvalue weighted by atomic mass is 16.6. The molecule has 0 atom stereocenters. The fraction of sp³-hybridized carbons (Fsp3) is 0.0435. The predicted octanol–water partition coefficient (Wildman–Crippen LogP) is 4.89. The van der Waals surface area contributed by atoms with Gasteiger partial charge in [-0.25, -0.2) is 4.98 Å². The first-order valence-electron chi connectivity index (χ1n) is 9.43. The van der Waals surface area contributed by atoms with E-state index in [1.807, 2.05) is 30.3 Å². The number of aromatic nitrogens is 2. The van der Waals surface area contributed by atoms with Crippen molar-refractivity contribution in [3.05, 3.63) is 94.0 Å². The molecule has 8 heteroatoms. The Morgan fingerprint density at radius 2 is 1.81 bits per heavy atom. The number of nitro benzene ring substituents is 1. The molecule has 0 saturated heterocycles. The standard InChI is InChI=1S/C23H18N4O4/c1-15(13-16-5-3-2-4-6-16)23(28)24-18-9-7-17(8-10-18)22-25-20-12-11-19(27(30)31)14-21(20)26(22)29/h2-14,29H,1H3,(H,24,28)/b15-13+. The van der Waals surface area contributed by atoms with Crippen LogP contribution in [0.4, 0.5) is 11.4 Å². The maximum atomic E-state index is 12.4. The zero-order chi connectivity index (χ0) is 22.0. The third kappa shape index (κ3) is 4.13. The number of carbonyl (C=O) groups excluding carboxylic acids is 1. The molecule has 8 nitrogen and oxygen atoms in total. The van der Waals surface area contributed by atoms with Crippen LogP contribution in [-0.2, 0) is 4.79 Å². The van der Waals surface area contributed by atoms with E-state index in [2.05, 4.69) is 10.3 Å². The van der Waals surface area contributed by atoms with Gasteiger partial charge in [-0.1, -0.05) is 30.3 Å². The van der Waals surface area contributed by atoms with Crippen molar-refractivity contribution in [2.24, 2.45) is 0 Å². The number of fused-ring (bicyclic) bond motifs is 1. The van der Waals surface area contributed by atoms with Gasteiger partial charge in [0.2, 0.25) is 0 Å². The largest absolute Gasteiger partial charge is 0.426 e. The van der Waals surface area contributed by atoms with Crippen LogP contribution in [0.25, 0.3) is 28.5 Å². The average Bonchev–Trinajstić information content (AvgIpc) is 3.11. The number of nitrogens with zero attached hydrogens (tertiary/aromatic N) is 3. The summed E-state index contributed by atoms with van der Waals surface area (Å²) in [6.07, 6.45) is 1.80. The average molecular weight is 414 g/mol. The Bertz CT molecular complexity index is 1310. The van der Waals surface area contributed by atoms with Crippen LogP contribution < -0.4 is 5.32 Å². The Morgan fingerprint density at radius 1 is 1.10 bits per heavy atom. The molecule has 0 bridgehead atoms. The van der Waals surface area contributed by atoms with E-state index < -0.39 is 4.92 Å². The van der Waals surface area contributed by atoms with Crippen molar-refractivity contribution >= 4 is 34.4 Å². The minimum atomic E-state index is -0.530. The fourth-order valence-corrected chi connectivity index (χ4v) is 3.15. The summed E-state index contributed by atoms with van der Waals surface area (Å²) in [5.41, 5.74) is 3.22. The van der Waals surface area contributed by atoms with Crippen LogP contribution in [0.15, 0.2) is 78.4 Å². The lowest BCUT2D eigenvalue weighted by molar-refractivity contribution is -0.384. The smallest absolute Gasteiger partial charge is 0.271 e. The molecule has 0 unspecified atom stereocenters. The first-order valence-corrected chi connectivity index (χ1v) is 9.43. The van der Waals surface area contributed by atoms with Gasteiger partial charge in [0.05, 0.1) is 10.4 Å². The van der Waals surface area contributed by atoms with E-state index in [-0.39, 0.29) is 22.9 Å². The maximum Gasteiger partial charge on any atom is 0.271 e. The zero-order valence-corrected chi connectivity index (χ0v) is 16.5. The van der Waals surface area contributed by atoms with Crippen LogP contribution in [0.1, 0.15) is 12.5 Å². The maximum absolute atomic E-state index is 12.4. The van der Waals surface area contributed by atoms with Gasteiger partial charge in [-0.3, -0.25) is 14.9 Å². The van der Waals surface area contributed by atoms with Gasteiger partial charge in [-0.05, 0) is 48.9 Å². The van der Waals surface area contributed by atoms with Gasteiger partial charge in [-0.15, -0.1) is 0 Å². The highest BCUT2D eigenvalue weighted by Crippen LogP contribution is 2.27. The third-order valence-corrected chi connectivity index (χ3v) is 4.77. The fourth-order valence-electron chi connectivity index (χ4n) is 3.15. The van der Waals surface area contributed by atoms with E-state index >= 15 is 0 Å². The molecule has 0 fully saturated rings. The molecule has 1 amide bonds. The number of nitrogens with one attached hydrogen (secondary N) is 1. The minimum absolute atomic E-state index is 0.133. The molecule has 1 heterocycles. The van der Waals surface area contributed by atoms with Gasteiger partial charge in [-0.2, -0.15) is 4.73 Å². The topological polar surface area (TPSA) is 110 Å².